The Labute approximate surface area is 128 Å². The van der Waals surface area contributed by atoms with Crippen molar-refractivity contribution >= 4 is 21.5 Å². The Morgan fingerprint density at radius 3 is 2.95 bits per heavy atom. The molecular formula is C13H17N3O3S2. The molecule has 1 aliphatic heterocycles. The van der Waals surface area contributed by atoms with Crippen LogP contribution in [0.25, 0.3) is 0 Å². The monoisotopic (exact) mass is 327 g/mol. The number of hydrogen-bond donors (Lipinski definition) is 0. The number of imidazole rings is 1. The molecule has 6 nitrogen and oxygen atoms in total. The second-order valence-corrected chi connectivity index (χ2v) is 8.08. The number of aryl methyl sites for hydroxylation is 1. The fourth-order valence-corrected chi connectivity index (χ4v) is 4.49. The van der Waals surface area contributed by atoms with Gasteiger partial charge >= 0.3 is 10.2 Å². The average molecular weight is 327 g/mol. The van der Waals surface area contributed by atoms with Crippen LogP contribution in [0.5, 0.6) is 0 Å². The SMILES string of the molecule is Cc1ncc([C@H]2OCCc3sccc32)n1S(=O)(=O)N(C)C. The van der Waals surface area contributed by atoms with Gasteiger partial charge in [-0.2, -0.15) is 12.7 Å². The fraction of sp³-hybridized carbons (Fsp3) is 0.462. The minimum atomic E-state index is -3.62. The van der Waals surface area contributed by atoms with Gasteiger partial charge in [0.2, 0.25) is 0 Å². The summed E-state index contributed by atoms with van der Waals surface area (Å²) in [4.78, 5) is 5.43. The number of aromatic nitrogens is 2. The van der Waals surface area contributed by atoms with Gasteiger partial charge in [-0.1, -0.05) is 0 Å². The molecule has 2 aromatic rings. The average Bonchev–Trinajstić information content (AvgIpc) is 3.04. The first-order valence-corrected chi connectivity index (χ1v) is 8.85. The lowest BCUT2D eigenvalue weighted by Gasteiger charge is -2.25. The molecule has 0 amide bonds. The van der Waals surface area contributed by atoms with Gasteiger partial charge in [-0.05, 0) is 18.4 Å². The van der Waals surface area contributed by atoms with Crippen LogP contribution in [0.3, 0.4) is 0 Å². The number of thiophene rings is 1. The zero-order chi connectivity index (χ0) is 15.2. The lowest BCUT2D eigenvalue weighted by Crippen LogP contribution is -2.32. The molecule has 0 bridgehead atoms. The Morgan fingerprint density at radius 2 is 2.24 bits per heavy atom. The first-order chi connectivity index (χ1) is 9.93. The molecule has 0 saturated heterocycles. The Bertz CT molecular complexity index is 761. The minimum Gasteiger partial charge on any atom is -0.367 e. The smallest absolute Gasteiger partial charge is 0.308 e. The molecule has 0 unspecified atom stereocenters. The molecule has 3 rings (SSSR count). The summed E-state index contributed by atoms with van der Waals surface area (Å²) < 4.78 is 33.3. The lowest BCUT2D eigenvalue weighted by molar-refractivity contribution is 0.0677. The van der Waals surface area contributed by atoms with Gasteiger partial charge in [0, 0.05) is 31.0 Å². The van der Waals surface area contributed by atoms with E-state index >= 15 is 0 Å². The highest BCUT2D eigenvalue weighted by Crippen LogP contribution is 2.36. The largest absolute Gasteiger partial charge is 0.367 e. The molecule has 1 aliphatic rings. The van der Waals surface area contributed by atoms with Crippen molar-refractivity contribution in [3.63, 3.8) is 0 Å². The van der Waals surface area contributed by atoms with Crippen molar-refractivity contribution in [2.75, 3.05) is 20.7 Å². The second kappa shape index (κ2) is 5.20. The van der Waals surface area contributed by atoms with Crippen LogP contribution in [0.4, 0.5) is 0 Å². The Morgan fingerprint density at radius 1 is 1.48 bits per heavy atom. The van der Waals surface area contributed by atoms with Gasteiger partial charge < -0.3 is 4.74 Å². The quantitative estimate of drug-likeness (QED) is 0.858. The molecule has 0 aromatic carbocycles. The molecule has 21 heavy (non-hydrogen) atoms. The third-order valence-corrected chi connectivity index (χ3v) is 6.40. The number of rotatable bonds is 3. The van der Waals surface area contributed by atoms with E-state index in [0.29, 0.717) is 18.1 Å². The van der Waals surface area contributed by atoms with Crippen molar-refractivity contribution in [2.45, 2.75) is 19.4 Å². The van der Waals surface area contributed by atoms with E-state index in [1.165, 1.54) is 27.3 Å². The molecule has 2 aromatic heterocycles. The standard InChI is InChI=1S/C13H17N3O3S2/c1-9-14-8-11(16(9)21(17,18)15(2)3)13-10-5-7-20-12(10)4-6-19-13/h5,7-8,13H,4,6H2,1-3H3/t13-/m0/s1. The van der Waals surface area contributed by atoms with Crippen LogP contribution in [-0.4, -0.2) is 42.4 Å². The van der Waals surface area contributed by atoms with Crippen LogP contribution < -0.4 is 0 Å². The molecule has 0 spiro atoms. The lowest BCUT2D eigenvalue weighted by atomic mass is 10.0. The maximum atomic E-state index is 12.5. The summed E-state index contributed by atoms with van der Waals surface area (Å²) >= 11 is 1.68. The Kier molecular flexibility index (Phi) is 3.64. The third kappa shape index (κ3) is 2.32. The van der Waals surface area contributed by atoms with Crippen molar-refractivity contribution < 1.29 is 13.2 Å². The van der Waals surface area contributed by atoms with Gasteiger partial charge in [0.05, 0.1) is 18.5 Å². The molecule has 0 radical (unpaired) electrons. The molecule has 8 heteroatoms. The van der Waals surface area contributed by atoms with Gasteiger partial charge in [0.25, 0.3) is 0 Å². The van der Waals surface area contributed by atoms with E-state index in [2.05, 4.69) is 4.98 Å². The minimum absolute atomic E-state index is 0.379. The van der Waals surface area contributed by atoms with Gasteiger partial charge in [-0.25, -0.2) is 8.96 Å². The molecule has 3 heterocycles. The molecule has 0 aliphatic carbocycles. The highest BCUT2D eigenvalue weighted by atomic mass is 32.2. The van der Waals surface area contributed by atoms with E-state index in [9.17, 15) is 8.42 Å². The summed E-state index contributed by atoms with van der Waals surface area (Å²) in [5.74, 6) is 0.435. The zero-order valence-electron chi connectivity index (χ0n) is 12.1. The molecular weight excluding hydrogens is 310 g/mol. The van der Waals surface area contributed by atoms with E-state index in [1.54, 1.807) is 24.5 Å². The van der Waals surface area contributed by atoms with E-state index in [4.69, 9.17) is 4.74 Å². The summed E-state index contributed by atoms with van der Waals surface area (Å²) in [5, 5.41) is 2.01. The van der Waals surface area contributed by atoms with Crippen LogP contribution in [0.1, 0.15) is 28.1 Å². The predicted molar refractivity (Wildman–Crippen MR) is 80.8 cm³/mol. The maximum absolute atomic E-state index is 12.5. The zero-order valence-corrected chi connectivity index (χ0v) is 13.7. The summed E-state index contributed by atoms with van der Waals surface area (Å²) in [6.45, 7) is 2.27. The van der Waals surface area contributed by atoms with Crippen molar-refractivity contribution in [1.82, 2.24) is 13.3 Å². The fourth-order valence-electron chi connectivity index (χ4n) is 2.48. The molecule has 0 N–H and O–H groups in total. The van der Waals surface area contributed by atoms with Gasteiger partial charge in [-0.3, -0.25) is 0 Å². The van der Waals surface area contributed by atoms with Crippen LogP contribution in [0.15, 0.2) is 17.6 Å². The van der Waals surface area contributed by atoms with Crippen LogP contribution >= 0.6 is 11.3 Å². The van der Waals surface area contributed by atoms with Crippen molar-refractivity contribution in [3.8, 4) is 0 Å². The number of hydrogen-bond acceptors (Lipinski definition) is 5. The van der Waals surface area contributed by atoms with E-state index < -0.39 is 10.2 Å². The Balaban J connectivity index is 2.15. The first-order valence-electron chi connectivity index (χ1n) is 6.58. The van der Waals surface area contributed by atoms with Crippen LogP contribution in [-0.2, 0) is 21.4 Å². The van der Waals surface area contributed by atoms with Crippen LogP contribution in [0.2, 0.25) is 0 Å². The summed E-state index contributed by atoms with van der Waals surface area (Å²) in [7, 11) is -0.598. The molecule has 114 valence electrons. The summed E-state index contributed by atoms with van der Waals surface area (Å²) in [6, 6.07) is 2.00. The van der Waals surface area contributed by atoms with Gasteiger partial charge in [0.1, 0.15) is 11.9 Å². The highest BCUT2D eigenvalue weighted by Gasteiger charge is 2.31. The van der Waals surface area contributed by atoms with Crippen LogP contribution in [0, 0.1) is 6.92 Å². The second-order valence-electron chi connectivity index (χ2n) is 5.08. The number of fused-ring (bicyclic) bond motifs is 1. The summed E-state index contributed by atoms with van der Waals surface area (Å²) in [5.41, 5.74) is 1.60. The summed E-state index contributed by atoms with van der Waals surface area (Å²) in [6.07, 6.45) is 2.08. The topological polar surface area (TPSA) is 64.4 Å². The maximum Gasteiger partial charge on any atom is 0.308 e. The van der Waals surface area contributed by atoms with E-state index in [0.717, 1.165) is 12.0 Å². The van der Waals surface area contributed by atoms with E-state index in [1.807, 2.05) is 11.4 Å². The van der Waals surface area contributed by atoms with Crippen molar-refractivity contribution in [2.24, 2.45) is 0 Å². The third-order valence-electron chi connectivity index (χ3n) is 3.55. The molecule has 0 saturated carbocycles. The van der Waals surface area contributed by atoms with Crippen molar-refractivity contribution in [3.05, 3.63) is 39.6 Å². The van der Waals surface area contributed by atoms with Crippen molar-refractivity contribution in [1.29, 1.82) is 0 Å². The number of ether oxygens (including phenoxy) is 1. The molecule has 1 atom stereocenters. The Hall–Kier alpha value is -1.22. The van der Waals surface area contributed by atoms with Gasteiger partial charge in [-0.15, -0.1) is 11.3 Å². The molecule has 0 fully saturated rings. The predicted octanol–water partition coefficient (Wildman–Crippen LogP) is 1.57. The van der Waals surface area contributed by atoms with Gasteiger partial charge in [0.15, 0.2) is 0 Å². The normalized spacial score (nSPS) is 19.0. The van der Waals surface area contributed by atoms with E-state index in [-0.39, 0.29) is 6.10 Å². The first kappa shape index (κ1) is 14.7. The number of nitrogens with zero attached hydrogens (tertiary/aromatic N) is 3. The highest BCUT2D eigenvalue weighted by molar-refractivity contribution is 7.87.